The molecule has 0 aliphatic carbocycles. The van der Waals surface area contributed by atoms with E-state index in [4.69, 9.17) is 5.11 Å². The molecule has 0 spiro atoms. The van der Waals surface area contributed by atoms with Crippen molar-refractivity contribution >= 4 is 31.7 Å². The largest absolute Gasteiger partial charge is 0.480 e. The number of urea groups is 1. The van der Waals surface area contributed by atoms with Crippen LogP contribution in [0.5, 0.6) is 0 Å². The first kappa shape index (κ1) is 17.7. The van der Waals surface area contributed by atoms with Gasteiger partial charge < -0.3 is 15.3 Å². The number of nitrogens with one attached hydrogen (secondary N) is 1. The molecule has 1 fully saturated rings. The zero-order valence-corrected chi connectivity index (χ0v) is 13.1. The first-order chi connectivity index (χ1) is 9.50. The number of amides is 2. The normalized spacial score (nSPS) is 19.8. The molecule has 9 nitrogen and oxygen atoms in total. The second-order valence-corrected chi connectivity index (χ2v) is 9.46. The molecule has 1 saturated heterocycles. The van der Waals surface area contributed by atoms with Crippen LogP contribution in [0.2, 0.25) is 0 Å². The van der Waals surface area contributed by atoms with E-state index in [2.05, 4.69) is 5.32 Å². The Balaban J connectivity index is 2.59. The monoisotopic (exact) mass is 342 g/mol. The van der Waals surface area contributed by atoms with Gasteiger partial charge in [-0.15, -0.1) is 0 Å². The Bertz CT molecular complexity index is 597. The van der Waals surface area contributed by atoms with Crippen LogP contribution < -0.4 is 5.32 Å². The predicted molar refractivity (Wildman–Crippen MR) is 74.5 cm³/mol. The van der Waals surface area contributed by atoms with Crippen molar-refractivity contribution in [2.24, 2.45) is 0 Å². The zero-order chi connectivity index (χ0) is 16.3. The van der Waals surface area contributed by atoms with Crippen molar-refractivity contribution in [3.05, 3.63) is 0 Å². The van der Waals surface area contributed by atoms with E-state index in [9.17, 15) is 26.4 Å². The number of carbonyl (C=O) groups excluding carboxylic acids is 1. The standard InChI is InChI=1S/C10H18N2O7S2/c1-20(16,17)5-2-8(9(13)14)11-10(15)12-3-6-21(18,19)7-4-12/h8H,2-7H2,1H3,(H,11,15)(H,13,14). The van der Waals surface area contributed by atoms with Crippen molar-refractivity contribution in [2.75, 3.05) is 36.6 Å². The van der Waals surface area contributed by atoms with E-state index in [0.717, 1.165) is 6.26 Å². The second-order valence-electron chi connectivity index (χ2n) is 4.90. The molecule has 0 bridgehead atoms. The number of sulfone groups is 2. The minimum Gasteiger partial charge on any atom is -0.480 e. The summed E-state index contributed by atoms with van der Waals surface area (Å²) < 4.78 is 44.6. The van der Waals surface area contributed by atoms with Crippen molar-refractivity contribution in [1.29, 1.82) is 0 Å². The zero-order valence-electron chi connectivity index (χ0n) is 11.5. The topological polar surface area (TPSA) is 138 Å². The van der Waals surface area contributed by atoms with Gasteiger partial charge in [-0.25, -0.2) is 26.4 Å². The van der Waals surface area contributed by atoms with Crippen molar-refractivity contribution in [2.45, 2.75) is 12.5 Å². The summed E-state index contributed by atoms with van der Waals surface area (Å²) in [6, 6.07) is -2.03. The van der Waals surface area contributed by atoms with Crippen LogP contribution in [0.4, 0.5) is 4.79 Å². The lowest BCUT2D eigenvalue weighted by Crippen LogP contribution is -2.52. The van der Waals surface area contributed by atoms with Gasteiger partial charge in [0, 0.05) is 19.3 Å². The Morgan fingerprint density at radius 2 is 1.81 bits per heavy atom. The molecule has 2 N–H and O–H groups in total. The van der Waals surface area contributed by atoms with Gasteiger partial charge in [0.1, 0.15) is 15.9 Å². The Kier molecular flexibility index (Phi) is 5.56. The van der Waals surface area contributed by atoms with E-state index < -0.39 is 37.7 Å². The molecule has 11 heteroatoms. The number of carbonyl (C=O) groups is 2. The summed E-state index contributed by atoms with van der Waals surface area (Å²) in [5.74, 6) is -2.03. The van der Waals surface area contributed by atoms with Crippen LogP contribution in [-0.4, -0.2) is 81.5 Å². The van der Waals surface area contributed by atoms with Crippen LogP contribution in [-0.2, 0) is 24.5 Å². The van der Waals surface area contributed by atoms with Gasteiger partial charge in [0.05, 0.1) is 17.3 Å². The molecule has 21 heavy (non-hydrogen) atoms. The van der Waals surface area contributed by atoms with Crippen LogP contribution in [0.15, 0.2) is 0 Å². The maximum atomic E-state index is 11.9. The molecule has 1 rings (SSSR count). The second kappa shape index (κ2) is 6.60. The summed E-state index contributed by atoms with van der Waals surface area (Å²) in [6.45, 7) is -0.0147. The maximum Gasteiger partial charge on any atom is 0.326 e. The predicted octanol–water partition coefficient (Wildman–Crippen LogP) is -1.69. The molecule has 0 aromatic carbocycles. The van der Waals surface area contributed by atoms with Gasteiger partial charge in [0.15, 0.2) is 9.84 Å². The molecular weight excluding hydrogens is 324 g/mol. The summed E-state index contributed by atoms with van der Waals surface area (Å²) in [4.78, 5) is 24.1. The van der Waals surface area contributed by atoms with E-state index >= 15 is 0 Å². The Hall–Kier alpha value is -1.36. The summed E-state index contributed by atoms with van der Waals surface area (Å²) >= 11 is 0. The SMILES string of the molecule is CS(=O)(=O)CCC(NC(=O)N1CCS(=O)(=O)CC1)C(=O)O. The van der Waals surface area contributed by atoms with Gasteiger partial charge in [-0.1, -0.05) is 0 Å². The molecule has 1 unspecified atom stereocenters. The van der Waals surface area contributed by atoms with Gasteiger partial charge in [0.25, 0.3) is 0 Å². The third kappa shape index (κ3) is 6.29. The van der Waals surface area contributed by atoms with E-state index in [1.54, 1.807) is 0 Å². The third-order valence-electron chi connectivity index (χ3n) is 3.00. The van der Waals surface area contributed by atoms with Gasteiger partial charge in [0.2, 0.25) is 0 Å². The highest BCUT2D eigenvalue weighted by atomic mass is 32.2. The number of hydrogen-bond acceptors (Lipinski definition) is 6. The van der Waals surface area contributed by atoms with Crippen molar-refractivity contribution < 1.29 is 31.5 Å². The first-order valence-corrected chi connectivity index (χ1v) is 10.0. The van der Waals surface area contributed by atoms with Crippen LogP contribution >= 0.6 is 0 Å². The van der Waals surface area contributed by atoms with Crippen molar-refractivity contribution in [3.8, 4) is 0 Å². The number of rotatable bonds is 5. The summed E-state index contributed by atoms with van der Waals surface area (Å²) in [6.07, 6.45) is 0.731. The highest BCUT2D eigenvalue weighted by molar-refractivity contribution is 7.91. The molecule has 1 heterocycles. The highest BCUT2D eigenvalue weighted by Crippen LogP contribution is 2.05. The van der Waals surface area contributed by atoms with Crippen LogP contribution in [0.25, 0.3) is 0 Å². The molecule has 1 aliphatic heterocycles. The molecule has 0 saturated carbocycles. The van der Waals surface area contributed by atoms with Gasteiger partial charge in [-0.05, 0) is 6.42 Å². The smallest absolute Gasteiger partial charge is 0.326 e. The maximum absolute atomic E-state index is 11.9. The van der Waals surface area contributed by atoms with E-state index in [1.807, 2.05) is 0 Å². The molecule has 0 aromatic rings. The van der Waals surface area contributed by atoms with E-state index in [0.29, 0.717) is 0 Å². The summed E-state index contributed by atoms with van der Waals surface area (Å²) in [5.41, 5.74) is 0. The minimum atomic E-state index is -3.34. The molecule has 1 atom stereocenters. The molecule has 1 aliphatic rings. The number of aliphatic carboxylic acids is 1. The first-order valence-electron chi connectivity index (χ1n) is 6.16. The average molecular weight is 342 g/mol. The van der Waals surface area contributed by atoms with Gasteiger partial charge >= 0.3 is 12.0 Å². The Morgan fingerprint density at radius 1 is 1.29 bits per heavy atom. The van der Waals surface area contributed by atoms with E-state index in [-0.39, 0.29) is 36.8 Å². The highest BCUT2D eigenvalue weighted by Gasteiger charge is 2.28. The Labute approximate surface area is 123 Å². The number of nitrogens with zero attached hydrogens (tertiary/aromatic N) is 1. The van der Waals surface area contributed by atoms with Crippen LogP contribution in [0, 0.1) is 0 Å². The quantitative estimate of drug-likeness (QED) is 0.608. The molecular formula is C10H18N2O7S2. The average Bonchev–Trinajstić information content (AvgIpc) is 2.32. The molecule has 0 aromatic heterocycles. The minimum absolute atomic E-state index is 0.00736. The summed E-state index contributed by atoms with van der Waals surface area (Å²) in [5, 5.41) is 11.2. The summed E-state index contributed by atoms with van der Waals surface area (Å²) in [7, 11) is -6.48. The van der Waals surface area contributed by atoms with E-state index in [1.165, 1.54) is 4.90 Å². The number of hydrogen-bond donors (Lipinski definition) is 2. The third-order valence-corrected chi connectivity index (χ3v) is 5.59. The fraction of sp³-hybridized carbons (Fsp3) is 0.800. The van der Waals surface area contributed by atoms with Gasteiger partial charge in [-0.3, -0.25) is 0 Å². The lowest BCUT2D eigenvalue weighted by molar-refractivity contribution is -0.139. The van der Waals surface area contributed by atoms with Crippen molar-refractivity contribution in [3.63, 3.8) is 0 Å². The Morgan fingerprint density at radius 3 is 2.24 bits per heavy atom. The van der Waals surface area contributed by atoms with Crippen molar-refractivity contribution in [1.82, 2.24) is 10.2 Å². The lowest BCUT2D eigenvalue weighted by Gasteiger charge is -2.28. The molecule has 0 radical (unpaired) electrons. The van der Waals surface area contributed by atoms with Crippen LogP contribution in [0.3, 0.4) is 0 Å². The fourth-order valence-corrected chi connectivity index (χ4v) is 3.61. The van der Waals surface area contributed by atoms with Gasteiger partial charge in [-0.2, -0.15) is 0 Å². The number of carboxylic acids is 1. The number of carboxylic acid groups (broad SMARTS) is 1. The molecule has 2 amide bonds. The van der Waals surface area contributed by atoms with Crippen LogP contribution in [0.1, 0.15) is 6.42 Å². The fourth-order valence-electron chi connectivity index (χ4n) is 1.75. The lowest BCUT2D eigenvalue weighted by atomic mass is 10.2. The molecule has 122 valence electrons.